The Kier molecular flexibility index (Phi) is 8.61. The number of morpholine rings is 1. The molecule has 0 aromatic heterocycles. The number of thiocarbonyl (C=S) groups is 1. The van der Waals surface area contributed by atoms with Gasteiger partial charge in [0, 0.05) is 31.8 Å². The van der Waals surface area contributed by atoms with Gasteiger partial charge in [-0.25, -0.2) is 0 Å². The van der Waals surface area contributed by atoms with Crippen LogP contribution in [-0.2, 0) is 11.3 Å². The number of nitrogens with zero attached hydrogens (tertiary/aromatic N) is 1. The molecule has 7 nitrogen and oxygen atoms in total. The molecule has 31 heavy (non-hydrogen) atoms. The van der Waals surface area contributed by atoms with E-state index in [1.54, 1.807) is 7.11 Å². The van der Waals surface area contributed by atoms with E-state index >= 15 is 0 Å². The SMILES string of the molecule is CCOc1cc(N2CCOCC2)c(OCC)cc1NC(=S)NCc1ccc(OC)cc1. The van der Waals surface area contributed by atoms with Crippen LogP contribution in [0.25, 0.3) is 0 Å². The average Bonchev–Trinajstić information content (AvgIpc) is 2.80. The van der Waals surface area contributed by atoms with Crippen LogP contribution in [0.1, 0.15) is 19.4 Å². The molecular formula is C23H31N3O4S. The fourth-order valence-corrected chi connectivity index (χ4v) is 3.52. The summed E-state index contributed by atoms with van der Waals surface area (Å²) < 4.78 is 22.5. The van der Waals surface area contributed by atoms with Crippen LogP contribution in [0.15, 0.2) is 36.4 Å². The highest BCUT2D eigenvalue weighted by molar-refractivity contribution is 7.80. The van der Waals surface area contributed by atoms with Gasteiger partial charge in [-0.1, -0.05) is 12.1 Å². The molecule has 1 aliphatic heterocycles. The van der Waals surface area contributed by atoms with Crippen LogP contribution in [-0.4, -0.2) is 51.7 Å². The van der Waals surface area contributed by atoms with Crippen LogP contribution in [0, 0.1) is 0 Å². The van der Waals surface area contributed by atoms with E-state index in [0.29, 0.717) is 38.1 Å². The highest BCUT2D eigenvalue weighted by Crippen LogP contribution is 2.39. The Bertz CT molecular complexity index is 855. The molecule has 0 atom stereocenters. The third kappa shape index (κ3) is 6.38. The minimum atomic E-state index is 0.512. The predicted molar refractivity (Wildman–Crippen MR) is 128 cm³/mol. The van der Waals surface area contributed by atoms with Crippen molar-refractivity contribution in [2.24, 2.45) is 0 Å². The van der Waals surface area contributed by atoms with Crippen LogP contribution in [0.4, 0.5) is 11.4 Å². The fourth-order valence-electron chi connectivity index (χ4n) is 3.34. The maximum absolute atomic E-state index is 5.94. The van der Waals surface area contributed by atoms with Crippen LogP contribution in [0.5, 0.6) is 17.2 Å². The van der Waals surface area contributed by atoms with Gasteiger partial charge >= 0.3 is 0 Å². The number of rotatable bonds is 9. The van der Waals surface area contributed by atoms with E-state index in [9.17, 15) is 0 Å². The van der Waals surface area contributed by atoms with Gasteiger partial charge in [-0.05, 0) is 43.8 Å². The first-order valence-corrected chi connectivity index (χ1v) is 11.0. The summed E-state index contributed by atoms with van der Waals surface area (Å²) in [4.78, 5) is 2.26. The largest absolute Gasteiger partial charge is 0.497 e. The number of hydrogen-bond acceptors (Lipinski definition) is 6. The van der Waals surface area contributed by atoms with Gasteiger partial charge in [0.1, 0.15) is 17.2 Å². The van der Waals surface area contributed by atoms with Crippen molar-refractivity contribution in [3.63, 3.8) is 0 Å². The highest BCUT2D eigenvalue weighted by Gasteiger charge is 2.20. The molecular weight excluding hydrogens is 414 g/mol. The fraction of sp³-hybridized carbons (Fsp3) is 0.435. The summed E-state index contributed by atoms with van der Waals surface area (Å²) in [5, 5.41) is 7.02. The van der Waals surface area contributed by atoms with E-state index in [0.717, 1.165) is 47.3 Å². The number of hydrogen-bond donors (Lipinski definition) is 2. The first-order chi connectivity index (χ1) is 15.1. The van der Waals surface area contributed by atoms with Crippen LogP contribution in [0.2, 0.25) is 0 Å². The van der Waals surface area contributed by atoms with Crippen molar-refractivity contribution < 1.29 is 18.9 Å². The molecule has 3 rings (SSSR count). The molecule has 2 aromatic carbocycles. The summed E-state index contributed by atoms with van der Waals surface area (Å²) in [5.41, 5.74) is 2.89. The molecule has 1 heterocycles. The molecule has 0 amide bonds. The number of anilines is 2. The van der Waals surface area contributed by atoms with E-state index < -0.39 is 0 Å². The van der Waals surface area contributed by atoms with E-state index in [4.69, 9.17) is 31.2 Å². The standard InChI is InChI=1S/C23H31N3O4S/c1-4-29-21-15-20(26-10-12-28-13-11-26)22(30-5-2)14-19(21)25-23(31)24-16-17-6-8-18(27-3)9-7-17/h6-9,14-15H,4-5,10-13,16H2,1-3H3,(H2,24,25,31). The first kappa shape index (κ1) is 23.0. The van der Waals surface area contributed by atoms with E-state index in [-0.39, 0.29) is 0 Å². The minimum Gasteiger partial charge on any atom is -0.497 e. The van der Waals surface area contributed by atoms with Crippen molar-refractivity contribution in [2.75, 3.05) is 56.8 Å². The zero-order chi connectivity index (χ0) is 22.1. The van der Waals surface area contributed by atoms with Gasteiger partial charge in [-0.2, -0.15) is 0 Å². The second-order valence-electron chi connectivity index (χ2n) is 6.94. The van der Waals surface area contributed by atoms with Gasteiger partial charge in [0.05, 0.1) is 44.9 Å². The molecule has 0 aliphatic carbocycles. The quantitative estimate of drug-likeness (QED) is 0.565. The molecule has 0 radical (unpaired) electrons. The van der Waals surface area contributed by atoms with Gasteiger partial charge in [0.25, 0.3) is 0 Å². The summed E-state index contributed by atoms with van der Waals surface area (Å²) in [7, 11) is 1.66. The maximum Gasteiger partial charge on any atom is 0.171 e. The third-order valence-electron chi connectivity index (χ3n) is 4.87. The molecule has 0 spiro atoms. The number of methoxy groups -OCH3 is 1. The molecule has 0 saturated carbocycles. The number of benzene rings is 2. The Morgan fingerprint density at radius 2 is 1.71 bits per heavy atom. The van der Waals surface area contributed by atoms with E-state index in [2.05, 4.69) is 15.5 Å². The van der Waals surface area contributed by atoms with Crippen molar-refractivity contribution in [3.05, 3.63) is 42.0 Å². The highest BCUT2D eigenvalue weighted by atomic mass is 32.1. The zero-order valence-corrected chi connectivity index (χ0v) is 19.2. The molecule has 8 heteroatoms. The van der Waals surface area contributed by atoms with Crippen molar-refractivity contribution in [3.8, 4) is 17.2 Å². The van der Waals surface area contributed by atoms with Crippen molar-refractivity contribution in [2.45, 2.75) is 20.4 Å². The lowest BCUT2D eigenvalue weighted by molar-refractivity contribution is 0.122. The first-order valence-electron chi connectivity index (χ1n) is 10.6. The van der Waals surface area contributed by atoms with Gasteiger partial charge in [-0.3, -0.25) is 0 Å². The second kappa shape index (κ2) is 11.6. The van der Waals surface area contributed by atoms with Crippen molar-refractivity contribution >= 4 is 28.7 Å². The summed E-state index contributed by atoms with van der Waals surface area (Å²) in [5.74, 6) is 2.36. The minimum absolute atomic E-state index is 0.512. The Labute approximate surface area is 189 Å². The van der Waals surface area contributed by atoms with Gasteiger partial charge in [0.2, 0.25) is 0 Å². The number of ether oxygens (including phenoxy) is 4. The molecule has 1 saturated heterocycles. The summed E-state index contributed by atoms with van der Waals surface area (Å²) in [6.07, 6.45) is 0. The average molecular weight is 446 g/mol. The van der Waals surface area contributed by atoms with E-state index in [1.165, 1.54) is 0 Å². The lowest BCUT2D eigenvalue weighted by Gasteiger charge is -2.31. The van der Waals surface area contributed by atoms with Gasteiger partial charge < -0.3 is 34.5 Å². The lowest BCUT2D eigenvalue weighted by atomic mass is 10.2. The second-order valence-corrected chi connectivity index (χ2v) is 7.35. The molecule has 168 valence electrons. The van der Waals surface area contributed by atoms with Crippen LogP contribution >= 0.6 is 12.2 Å². The van der Waals surface area contributed by atoms with Crippen LogP contribution in [0.3, 0.4) is 0 Å². The Hall–Kier alpha value is -2.71. The van der Waals surface area contributed by atoms with E-state index in [1.807, 2.05) is 50.2 Å². The molecule has 1 fully saturated rings. The summed E-state index contributed by atoms with van der Waals surface area (Å²) in [6.45, 7) is 8.72. The molecule has 1 aliphatic rings. The number of nitrogens with one attached hydrogen (secondary N) is 2. The molecule has 0 unspecified atom stereocenters. The molecule has 2 N–H and O–H groups in total. The van der Waals surface area contributed by atoms with Gasteiger partial charge in [0.15, 0.2) is 5.11 Å². The van der Waals surface area contributed by atoms with Gasteiger partial charge in [-0.15, -0.1) is 0 Å². The molecule has 0 bridgehead atoms. The lowest BCUT2D eigenvalue weighted by Crippen LogP contribution is -2.36. The summed E-state index contributed by atoms with van der Waals surface area (Å²) in [6, 6.07) is 11.8. The Morgan fingerprint density at radius 3 is 2.35 bits per heavy atom. The normalized spacial score (nSPS) is 13.5. The monoisotopic (exact) mass is 445 g/mol. The Balaban J connectivity index is 1.74. The summed E-state index contributed by atoms with van der Waals surface area (Å²) >= 11 is 5.52. The topological polar surface area (TPSA) is 64.2 Å². The van der Waals surface area contributed by atoms with Crippen molar-refractivity contribution in [1.82, 2.24) is 5.32 Å². The third-order valence-corrected chi connectivity index (χ3v) is 5.12. The maximum atomic E-state index is 5.94. The zero-order valence-electron chi connectivity index (χ0n) is 18.4. The molecule has 2 aromatic rings. The Morgan fingerprint density at radius 1 is 1.03 bits per heavy atom. The smallest absolute Gasteiger partial charge is 0.171 e. The predicted octanol–water partition coefficient (Wildman–Crippen LogP) is 3.82. The van der Waals surface area contributed by atoms with Crippen LogP contribution < -0.4 is 29.7 Å². The van der Waals surface area contributed by atoms with Crippen molar-refractivity contribution in [1.29, 1.82) is 0 Å².